The lowest BCUT2D eigenvalue weighted by molar-refractivity contribution is 0.479. The second-order valence-electron chi connectivity index (χ2n) is 4.10. The molecule has 0 bridgehead atoms. The number of hydrogen-bond acceptors (Lipinski definition) is 2. The number of rotatable bonds is 3. The Hall–Kier alpha value is -0.930. The van der Waals surface area contributed by atoms with E-state index in [-0.39, 0.29) is 0 Å². The molecule has 0 heterocycles. The van der Waals surface area contributed by atoms with Crippen LogP contribution in [0.25, 0.3) is 0 Å². The average Bonchev–Trinajstić information content (AvgIpc) is 2.38. The lowest BCUT2D eigenvalue weighted by Crippen LogP contribution is -1.97. The predicted octanol–water partition coefficient (Wildman–Crippen LogP) is 5.21. The third kappa shape index (κ3) is 3.34. The largest absolute Gasteiger partial charge is 0.455 e. The molecule has 0 saturated heterocycles. The van der Waals surface area contributed by atoms with E-state index in [9.17, 15) is 0 Å². The molecule has 0 aliphatic carbocycles. The Kier molecular flexibility index (Phi) is 4.58. The Morgan fingerprint density at radius 2 is 1.63 bits per heavy atom. The lowest BCUT2D eigenvalue weighted by atomic mass is 10.1. The van der Waals surface area contributed by atoms with Gasteiger partial charge in [-0.1, -0.05) is 46.9 Å². The molecule has 0 unspecified atom stereocenters. The van der Waals surface area contributed by atoms with Crippen molar-refractivity contribution in [3.05, 3.63) is 56.5 Å². The minimum Gasteiger partial charge on any atom is -0.455 e. The topological polar surface area (TPSA) is 35.2 Å². The van der Waals surface area contributed by atoms with E-state index in [1.807, 2.05) is 25.1 Å². The fourth-order valence-corrected chi connectivity index (χ4v) is 2.23. The van der Waals surface area contributed by atoms with Gasteiger partial charge in [-0.3, -0.25) is 0 Å². The quantitative estimate of drug-likeness (QED) is 0.789. The number of benzene rings is 2. The maximum absolute atomic E-state index is 6.07. The van der Waals surface area contributed by atoms with Crippen LogP contribution in [-0.4, -0.2) is 0 Å². The fourth-order valence-electron chi connectivity index (χ4n) is 1.65. The van der Waals surface area contributed by atoms with Crippen molar-refractivity contribution in [2.45, 2.75) is 13.5 Å². The standard InChI is InChI=1S/C14H12Cl3NO/c1-8-4-9(7-18)2-3-13(8)19-14-6-11(16)10(15)5-12(14)17/h2-6H,7,18H2,1H3. The fraction of sp³-hybridized carbons (Fsp3) is 0.143. The summed E-state index contributed by atoms with van der Waals surface area (Å²) in [6, 6.07) is 8.90. The summed E-state index contributed by atoms with van der Waals surface area (Å²) in [7, 11) is 0. The molecule has 100 valence electrons. The van der Waals surface area contributed by atoms with Crippen molar-refractivity contribution in [3.8, 4) is 11.5 Å². The van der Waals surface area contributed by atoms with Crippen LogP contribution < -0.4 is 10.5 Å². The minimum absolute atomic E-state index is 0.397. The van der Waals surface area contributed by atoms with Crippen LogP contribution in [0, 0.1) is 6.92 Å². The molecule has 2 nitrogen and oxygen atoms in total. The summed E-state index contributed by atoms with van der Waals surface area (Å²) in [5.74, 6) is 1.18. The molecule has 0 radical (unpaired) electrons. The number of nitrogens with two attached hydrogens (primary N) is 1. The molecule has 0 atom stereocenters. The monoisotopic (exact) mass is 315 g/mol. The Morgan fingerprint density at radius 1 is 0.947 bits per heavy atom. The molecular formula is C14H12Cl3NO. The molecule has 0 spiro atoms. The van der Waals surface area contributed by atoms with Gasteiger partial charge in [-0.15, -0.1) is 0 Å². The first-order valence-electron chi connectivity index (χ1n) is 5.63. The number of aryl methyl sites for hydroxylation is 1. The summed E-state index contributed by atoms with van der Waals surface area (Å²) < 4.78 is 5.76. The first kappa shape index (κ1) is 14.5. The highest BCUT2D eigenvalue weighted by atomic mass is 35.5. The van der Waals surface area contributed by atoms with E-state index in [1.165, 1.54) is 0 Å². The van der Waals surface area contributed by atoms with E-state index in [0.717, 1.165) is 11.1 Å². The molecule has 2 aromatic rings. The van der Waals surface area contributed by atoms with E-state index in [0.29, 0.717) is 33.1 Å². The third-order valence-corrected chi connectivity index (χ3v) is 3.69. The molecule has 0 aromatic heterocycles. The van der Waals surface area contributed by atoms with Gasteiger partial charge in [-0.2, -0.15) is 0 Å². The second-order valence-corrected chi connectivity index (χ2v) is 5.32. The normalized spacial score (nSPS) is 10.6. The molecular weight excluding hydrogens is 305 g/mol. The first-order chi connectivity index (χ1) is 9.01. The lowest BCUT2D eigenvalue weighted by Gasteiger charge is -2.12. The number of halogens is 3. The van der Waals surface area contributed by atoms with Crippen LogP contribution in [-0.2, 0) is 6.54 Å². The number of ether oxygens (including phenoxy) is 1. The molecule has 19 heavy (non-hydrogen) atoms. The van der Waals surface area contributed by atoms with Crippen molar-refractivity contribution in [2.24, 2.45) is 5.73 Å². The highest BCUT2D eigenvalue weighted by molar-refractivity contribution is 6.43. The van der Waals surface area contributed by atoms with Crippen LogP contribution >= 0.6 is 34.8 Å². The number of hydrogen-bond donors (Lipinski definition) is 1. The Bertz CT molecular complexity index is 614. The molecule has 0 aliphatic rings. The molecule has 0 saturated carbocycles. The zero-order valence-electron chi connectivity index (χ0n) is 10.2. The highest BCUT2D eigenvalue weighted by Gasteiger charge is 2.09. The molecule has 0 aliphatic heterocycles. The third-order valence-electron chi connectivity index (χ3n) is 2.67. The zero-order valence-corrected chi connectivity index (χ0v) is 12.5. The van der Waals surface area contributed by atoms with Crippen molar-refractivity contribution >= 4 is 34.8 Å². The van der Waals surface area contributed by atoms with E-state index < -0.39 is 0 Å². The Morgan fingerprint density at radius 3 is 2.26 bits per heavy atom. The summed E-state index contributed by atoms with van der Waals surface area (Å²) in [5, 5.41) is 1.21. The first-order valence-corrected chi connectivity index (χ1v) is 6.76. The maximum atomic E-state index is 6.07. The molecule has 2 rings (SSSR count). The van der Waals surface area contributed by atoms with Crippen LogP contribution in [0.2, 0.25) is 15.1 Å². The summed E-state index contributed by atoms with van der Waals surface area (Å²) >= 11 is 17.9. The SMILES string of the molecule is Cc1cc(CN)ccc1Oc1cc(Cl)c(Cl)cc1Cl. The van der Waals surface area contributed by atoms with Gasteiger partial charge in [0.2, 0.25) is 0 Å². The Labute approximate surface area is 127 Å². The Balaban J connectivity index is 2.33. The van der Waals surface area contributed by atoms with Gasteiger partial charge in [-0.25, -0.2) is 0 Å². The summed E-state index contributed by atoms with van der Waals surface area (Å²) in [4.78, 5) is 0. The van der Waals surface area contributed by atoms with Gasteiger partial charge >= 0.3 is 0 Å². The van der Waals surface area contributed by atoms with Gasteiger partial charge in [0.05, 0.1) is 15.1 Å². The van der Waals surface area contributed by atoms with Crippen LogP contribution in [0.3, 0.4) is 0 Å². The smallest absolute Gasteiger partial charge is 0.147 e. The van der Waals surface area contributed by atoms with Crippen LogP contribution in [0.1, 0.15) is 11.1 Å². The van der Waals surface area contributed by atoms with E-state index in [2.05, 4.69) is 0 Å². The second kappa shape index (κ2) is 6.02. The molecule has 2 N–H and O–H groups in total. The molecule has 5 heteroatoms. The van der Waals surface area contributed by atoms with Crippen molar-refractivity contribution < 1.29 is 4.74 Å². The maximum Gasteiger partial charge on any atom is 0.147 e. The minimum atomic E-state index is 0.397. The van der Waals surface area contributed by atoms with Crippen LogP contribution in [0.4, 0.5) is 0 Å². The summed E-state index contributed by atoms with van der Waals surface area (Å²) in [6.45, 7) is 2.44. The predicted molar refractivity (Wildman–Crippen MR) is 80.6 cm³/mol. The van der Waals surface area contributed by atoms with Gasteiger partial charge in [0, 0.05) is 12.6 Å². The van der Waals surface area contributed by atoms with Gasteiger partial charge in [-0.05, 0) is 30.2 Å². The molecule has 0 fully saturated rings. The van der Waals surface area contributed by atoms with Gasteiger partial charge in [0.15, 0.2) is 0 Å². The van der Waals surface area contributed by atoms with Crippen molar-refractivity contribution in [3.63, 3.8) is 0 Å². The van der Waals surface area contributed by atoms with Crippen LogP contribution in [0.5, 0.6) is 11.5 Å². The van der Waals surface area contributed by atoms with Gasteiger partial charge in [0.1, 0.15) is 11.5 Å². The zero-order chi connectivity index (χ0) is 14.0. The van der Waals surface area contributed by atoms with E-state index >= 15 is 0 Å². The summed E-state index contributed by atoms with van der Waals surface area (Å²) in [5.41, 5.74) is 7.61. The van der Waals surface area contributed by atoms with Gasteiger partial charge in [0.25, 0.3) is 0 Å². The van der Waals surface area contributed by atoms with Gasteiger partial charge < -0.3 is 10.5 Å². The average molecular weight is 317 g/mol. The molecule has 2 aromatic carbocycles. The highest BCUT2D eigenvalue weighted by Crippen LogP contribution is 2.37. The van der Waals surface area contributed by atoms with E-state index in [4.69, 9.17) is 45.3 Å². The van der Waals surface area contributed by atoms with Crippen molar-refractivity contribution in [1.29, 1.82) is 0 Å². The summed E-state index contributed by atoms with van der Waals surface area (Å²) in [6.07, 6.45) is 0. The van der Waals surface area contributed by atoms with Crippen molar-refractivity contribution in [2.75, 3.05) is 0 Å². The van der Waals surface area contributed by atoms with Crippen LogP contribution in [0.15, 0.2) is 30.3 Å². The van der Waals surface area contributed by atoms with E-state index in [1.54, 1.807) is 12.1 Å². The van der Waals surface area contributed by atoms with Crippen molar-refractivity contribution in [1.82, 2.24) is 0 Å². The molecule has 0 amide bonds.